The summed E-state index contributed by atoms with van der Waals surface area (Å²) in [5, 5.41) is 5.47. The van der Waals surface area contributed by atoms with Gasteiger partial charge in [0.25, 0.3) is 5.91 Å². The molecule has 2 amide bonds. The fourth-order valence-electron chi connectivity index (χ4n) is 3.36. The lowest BCUT2D eigenvalue weighted by Crippen LogP contribution is -2.30. The molecule has 8 heteroatoms. The first-order valence-corrected chi connectivity index (χ1v) is 10.6. The Bertz CT molecular complexity index is 868. The Morgan fingerprint density at radius 2 is 1.83 bits per heavy atom. The number of nitrogens with zero attached hydrogens (tertiary/aromatic N) is 2. The van der Waals surface area contributed by atoms with Crippen LogP contribution in [-0.4, -0.2) is 36.4 Å². The average Bonchev–Trinajstić information content (AvgIpc) is 3.02. The van der Waals surface area contributed by atoms with Gasteiger partial charge in [-0.1, -0.05) is 30.5 Å². The Kier molecular flexibility index (Phi) is 8.02. The fraction of sp³-hybridized carbons (Fsp3) is 0.409. The molecule has 160 valence electrons. The third-order valence-corrected chi connectivity index (χ3v) is 5.35. The van der Waals surface area contributed by atoms with Crippen LogP contribution in [0.3, 0.4) is 0 Å². The van der Waals surface area contributed by atoms with Crippen molar-refractivity contribution in [3.8, 4) is 0 Å². The van der Waals surface area contributed by atoms with Crippen molar-refractivity contribution in [1.82, 2.24) is 15.6 Å². The third kappa shape index (κ3) is 6.42. The third-order valence-electron chi connectivity index (χ3n) is 5.04. The van der Waals surface area contributed by atoms with E-state index in [-0.39, 0.29) is 29.5 Å². The summed E-state index contributed by atoms with van der Waals surface area (Å²) in [5.74, 6) is -0.155. The summed E-state index contributed by atoms with van der Waals surface area (Å²) in [5.41, 5.74) is 1.10. The number of hydrogen-bond donors (Lipinski definition) is 2. The van der Waals surface area contributed by atoms with Crippen LogP contribution in [0.1, 0.15) is 48.0 Å². The van der Waals surface area contributed by atoms with Crippen molar-refractivity contribution in [2.75, 3.05) is 24.5 Å². The highest BCUT2D eigenvalue weighted by Crippen LogP contribution is 2.18. The van der Waals surface area contributed by atoms with Gasteiger partial charge in [0.1, 0.15) is 11.6 Å². The van der Waals surface area contributed by atoms with E-state index in [1.807, 2.05) is 12.1 Å². The molecule has 1 aromatic heterocycles. The molecule has 3 rings (SSSR count). The van der Waals surface area contributed by atoms with E-state index in [9.17, 15) is 14.0 Å². The number of aromatic nitrogens is 1. The highest BCUT2D eigenvalue weighted by Gasteiger charge is 2.12. The normalized spacial score (nSPS) is 14.1. The zero-order chi connectivity index (χ0) is 21.3. The van der Waals surface area contributed by atoms with Gasteiger partial charge in [0.2, 0.25) is 5.91 Å². The predicted octanol–water partition coefficient (Wildman–Crippen LogP) is 3.69. The Morgan fingerprint density at radius 3 is 2.50 bits per heavy atom. The molecule has 0 atom stereocenters. The Balaban J connectivity index is 1.39. The van der Waals surface area contributed by atoms with Gasteiger partial charge in [-0.15, -0.1) is 0 Å². The number of halogens is 2. The Labute approximate surface area is 180 Å². The van der Waals surface area contributed by atoms with Crippen LogP contribution in [0.25, 0.3) is 0 Å². The molecule has 0 spiro atoms. The smallest absolute Gasteiger partial charge is 0.252 e. The lowest BCUT2D eigenvalue weighted by Gasteiger charge is -2.21. The van der Waals surface area contributed by atoms with E-state index < -0.39 is 11.7 Å². The number of carbonyl (C=O) groups excluding carboxylic acids is 2. The van der Waals surface area contributed by atoms with E-state index >= 15 is 0 Å². The molecular weight excluding hydrogens is 407 g/mol. The number of carbonyl (C=O) groups is 2. The van der Waals surface area contributed by atoms with Gasteiger partial charge in [0.05, 0.1) is 10.6 Å². The first-order chi connectivity index (χ1) is 14.5. The molecule has 0 aliphatic carbocycles. The Morgan fingerprint density at radius 1 is 1.07 bits per heavy atom. The van der Waals surface area contributed by atoms with Crippen LogP contribution < -0.4 is 15.5 Å². The molecule has 0 unspecified atom stereocenters. The minimum Gasteiger partial charge on any atom is -0.357 e. The first-order valence-electron chi connectivity index (χ1n) is 10.2. The van der Waals surface area contributed by atoms with Gasteiger partial charge in [-0.05, 0) is 42.7 Å². The zero-order valence-corrected chi connectivity index (χ0v) is 17.6. The van der Waals surface area contributed by atoms with Gasteiger partial charge < -0.3 is 15.5 Å². The van der Waals surface area contributed by atoms with Crippen LogP contribution in [0.2, 0.25) is 5.02 Å². The van der Waals surface area contributed by atoms with Gasteiger partial charge in [-0.25, -0.2) is 9.37 Å². The molecule has 1 aliphatic rings. The number of benzene rings is 1. The second-order valence-electron chi connectivity index (χ2n) is 7.33. The van der Waals surface area contributed by atoms with Crippen LogP contribution in [-0.2, 0) is 11.3 Å². The molecule has 1 aliphatic heterocycles. The molecule has 0 bridgehead atoms. The summed E-state index contributed by atoms with van der Waals surface area (Å²) in [6.07, 6.45) is 6.87. The number of anilines is 1. The maximum Gasteiger partial charge on any atom is 0.252 e. The van der Waals surface area contributed by atoms with Crippen molar-refractivity contribution in [2.45, 2.75) is 38.6 Å². The highest BCUT2D eigenvalue weighted by atomic mass is 35.5. The van der Waals surface area contributed by atoms with Crippen molar-refractivity contribution in [1.29, 1.82) is 0 Å². The van der Waals surface area contributed by atoms with Gasteiger partial charge in [0, 0.05) is 38.8 Å². The van der Waals surface area contributed by atoms with E-state index in [1.54, 1.807) is 6.20 Å². The van der Waals surface area contributed by atoms with E-state index in [0.29, 0.717) is 6.54 Å². The summed E-state index contributed by atoms with van der Waals surface area (Å²) < 4.78 is 13.1. The van der Waals surface area contributed by atoms with Gasteiger partial charge >= 0.3 is 0 Å². The molecule has 1 saturated heterocycles. The molecule has 6 nitrogen and oxygen atoms in total. The lowest BCUT2D eigenvalue weighted by atomic mass is 10.2. The standard InChI is InChI=1S/C22H26ClFN4O2/c23-19-13-17(24)6-7-18(19)22(30)25-10-9-21(29)27-15-16-5-8-20(26-14-16)28-11-3-1-2-4-12-28/h5-8,13-14H,1-4,9-12,15H2,(H,25,30)(H,27,29). The zero-order valence-electron chi connectivity index (χ0n) is 16.8. The monoisotopic (exact) mass is 432 g/mol. The maximum absolute atomic E-state index is 13.1. The van der Waals surface area contributed by atoms with Crippen molar-refractivity contribution in [2.24, 2.45) is 0 Å². The van der Waals surface area contributed by atoms with Crippen molar-refractivity contribution < 1.29 is 14.0 Å². The van der Waals surface area contributed by atoms with E-state index in [4.69, 9.17) is 11.6 Å². The predicted molar refractivity (Wildman–Crippen MR) is 115 cm³/mol. The second kappa shape index (κ2) is 10.9. The van der Waals surface area contributed by atoms with Crippen LogP contribution in [0.15, 0.2) is 36.5 Å². The molecule has 2 aromatic rings. The maximum atomic E-state index is 13.1. The summed E-state index contributed by atoms with van der Waals surface area (Å²) in [7, 11) is 0. The topological polar surface area (TPSA) is 74.3 Å². The van der Waals surface area contributed by atoms with Crippen molar-refractivity contribution in [3.63, 3.8) is 0 Å². The van der Waals surface area contributed by atoms with Crippen LogP contribution in [0, 0.1) is 5.82 Å². The number of nitrogens with one attached hydrogen (secondary N) is 2. The lowest BCUT2D eigenvalue weighted by molar-refractivity contribution is -0.121. The van der Waals surface area contributed by atoms with Crippen LogP contribution in [0.5, 0.6) is 0 Å². The minimum absolute atomic E-state index is 0.0353. The average molecular weight is 433 g/mol. The molecule has 0 saturated carbocycles. The van der Waals surface area contributed by atoms with E-state index in [0.717, 1.165) is 30.5 Å². The van der Waals surface area contributed by atoms with Crippen molar-refractivity contribution >= 4 is 29.2 Å². The molecule has 2 N–H and O–H groups in total. The Hall–Kier alpha value is -2.67. The SMILES string of the molecule is O=C(CCNC(=O)c1ccc(F)cc1Cl)NCc1ccc(N2CCCCCC2)nc1. The van der Waals surface area contributed by atoms with Crippen LogP contribution in [0.4, 0.5) is 10.2 Å². The molecule has 0 radical (unpaired) electrons. The summed E-state index contributed by atoms with van der Waals surface area (Å²) in [6.45, 7) is 2.62. The quantitative estimate of drug-likeness (QED) is 0.699. The first kappa shape index (κ1) is 22.0. The number of rotatable bonds is 7. The van der Waals surface area contributed by atoms with Crippen LogP contribution >= 0.6 is 11.6 Å². The largest absolute Gasteiger partial charge is 0.357 e. The van der Waals surface area contributed by atoms with E-state index in [2.05, 4.69) is 20.5 Å². The number of pyridine rings is 1. The molecule has 1 aromatic carbocycles. The second-order valence-corrected chi connectivity index (χ2v) is 7.74. The molecular formula is C22H26ClFN4O2. The van der Waals surface area contributed by atoms with E-state index in [1.165, 1.54) is 37.8 Å². The number of hydrogen-bond acceptors (Lipinski definition) is 4. The van der Waals surface area contributed by atoms with Crippen molar-refractivity contribution in [3.05, 3.63) is 58.5 Å². The van der Waals surface area contributed by atoms with Gasteiger partial charge in [0.15, 0.2) is 0 Å². The summed E-state index contributed by atoms with van der Waals surface area (Å²) >= 11 is 5.86. The van der Waals surface area contributed by atoms with Gasteiger partial charge in [-0.2, -0.15) is 0 Å². The molecule has 30 heavy (non-hydrogen) atoms. The summed E-state index contributed by atoms with van der Waals surface area (Å²) in [6, 6.07) is 7.54. The highest BCUT2D eigenvalue weighted by molar-refractivity contribution is 6.33. The van der Waals surface area contributed by atoms with Gasteiger partial charge in [-0.3, -0.25) is 9.59 Å². The molecule has 2 heterocycles. The summed E-state index contributed by atoms with van der Waals surface area (Å²) in [4.78, 5) is 30.9. The molecule has 1 fully saturated rings. The number of amides is 2. The fourth-order valence-corrected chi connectivity index (χ4v) is 3.61. The minimum atomic E-state index is -0.509.